The summed E-state index contributed by atoms with van der Waals surface area (Å²) in [6.45, 7) is 4.21. The number of hydrogen-bond donors (Lipinski definition) is 0. The molecule has 0 N–H and O–H groups in total. The molecule has 1 heterocycles. The first-order chi connectivity index (χ1) is 11.1. The van der Waals surface area contributed by atoms with Gasteiger partial charge in [0.25, 0.3) is 0 Å². The highest BCUT2D eigenvalue weighted by Gasteiger charge is 2.10. The molecule has 4 nitrogen and oxygen atoms in total. The third-order valence-electron chi connectivity index (χ3n) is 3.75. The molecule has 0 spiro atoms. The van der Waals surface area contributed by atoms with Crippen LogP contribution in [0.25, 0.3) is 10.9 Å². The summed E-state index contributed by atoms with van der Waals surface area (Å²) in [5, 5.41) is 0.804. The number of ether oxygens (including phenoxy) is 1. The van der Waals surface area contributed by atoms with Gasteiger partial charge in [-0.1, -0.05) is 50.2 Å². The highest BCUT2D eigenvalue weighted by molar-refractivity contribution is 5.97. The predicted molar refractivity (Wildman–Crippen MR) is 89.9 cm³/mol. The quantitative estimate of drug-likeness (QED) is 0.668. The minimum Gasteiger partial charge on any atom is -0.469 e. The van der Waals surface area contributed by atoms with E-state index in [1.54, 1.807) is 0 Å². The third kappa shape index (κ3) is 3.37. The summed E-state index contributed by atoms with van der Waals surface area (Å²) >= 11 is 0. The summed E-state index contributed by atoms with van der Waals surface area (Å²) in [7, 11) is 0. The van der Waals surface area contributed by atoms with Gasteiger partial charge in [0.15, 0.2) is 12.4 Å². The topological polar surface area (TPSA) is 52.1 Å². The molecule has 0 radical (unpaired) electrons. The van der Waals surface area contributed by atoms with E-state index in [9.17, 15) is 4.79 Å². The van der Waals surface area contributed by atoms with E-state index in [2.05, 4.69) is 23.8 Å². The fourth-order valence-corrected chi connectivity index (χ4v) is 2.37. The molecule has 4 heteroatoms. The van der Waals surface area contributed by atoms with Gasteiger partial charge in [-0.2, -0.15) is 0 Å². The third-order valence-corrected chi connectivity index (χ3v) is 3.75. The number of aromatic nitrogens is 2. The standard InChI is InChI=1S/C19H18N2O2/c1-13(2)14-7-9-15(10-8-14)18(22)11-23-19-16-5-3-4-6-17(16)20-12-21-19/h3-10,12-13H,11H2,1-2H3. The normalized spacial score (nSPS) is 10.9. The Morgan fingerprint density at radius 2 is 1.78 bits per heavy atom. The van der Waals surface area contributed by atoms with Crippen LogP contribution in [0.1, 0.15) is 35.7 Å². The highest BCUT2D eigenvalue weighted by Crippen LogP contribution is 2.21. The zero-order valence-electron chi connectivity index (χ0n) is 13.2. The first-order valence-electron chi connectivity index (χ1n) is 7.61. The fraction of sp³-hybridized carbons (Fsp3) is 0.211. The Morgan fingerprint density at radius 3 is 2.52 bits per heavy atom. The van der Waals surface area contributed by atoms with Crippen LogP contribution < -0.4 is 4.74 Å². The Hall–Kier alpha value is -2.75. The molecule has 0 atom stereocenters. The smallest absolute Gasteiger partial charge is 0.224 e. The molecular weight excluding hydrogens is 288 g/mol. The Kier molecular flexibility index (Phi) is 4.33. The lowest BCUT2D eigenvalue weighted by Crippen LogP contribution is -2.12. The summed E-state index contributed by atoms with van der Waals surface area (Å²) in [6.07, 6.45) is 1.44. The zero-order valence-corrected chi connectivity index (χ0v) is 13.2. The molecule has 0 saturated heterocycles. The van der Waals surface area contributed by atoms with Gasteiger partial charge in [0.1, 0.15) is 6.33 Å². The highest BCUT2D eigenvalue weighted by atomic mass is 16.5. The van der Waals surface area contributed by atoms with E-state index >= 15 is 0 Å². The minimum atomic E-state index is -0.0667. The summed E-state index contributed by atoms with van der Waals surface area (Å²) in [5.74, 6) is 0.813. The summed E-state index contributed by atoms with van der Waals surface area (Å²) in [5.41, 5.74) is 2.66. The Labute approximate surface area is 135 Å². The molecule has 3 rings (SSSR count). The van der Waals surface area contributed by atoms with Crippen molar-refractivity contribution in [2.45, 2.75) is 19.8 Å². The lowest BCUT2D eigenvalue weighted by atomic mass is 10.0. The van der Waals surface area contributed by atoms with Crippen LogP contribution in [0, 0.1) is 0 Å². The second-order valence-corrected chi connectivity index (χ2v) is 5.68. The number of nitrogens with zero attached hydrogens (tertiary/aromatic N) is 2. The van der Waals surface area contributed by atoms with Crippen LogP contribution in [0.15, 0.2) is 54.9 Å². The predicted octanol–water partition coefficient (Wildman–Crippen LogP) is 4.01. The lowest BCUT2D eigenvalue weighted by Gasteiger charge is -2.08. The molecule has 0 amide bonds. The molecule has 0 unspecified atom stereocenters. The van der Waals surface area contributed by atoms with Crippen LogP contribution in [-0.2, 0) is 0 Å². The number of carbonyl (C=O) groups is 1. The number of para-hydroxylation sites is 1. The van der Waals surface area contributed by atoms with E-state index in [1.807, 2.05) is 48.5 Å². The van der Waals surface area contributed by atoms with E-state index in [0.29, 0.717) is 17.4 Å². The van der Waals surface area contributed by atoms with Crippen LogP contribution in [-0.4, -0.2) is 22.4 Å². The van der Waals surface area contributed by atoms with Crippen molar-refractivity contribution in [2.75, 3.05) is 6.61 Å². The molecule has 1 aromatic heterocycles. The molecule has 0 aliphatic rings. The van der Waals surface area contributed by atoms with Crippen LogP contribution in [0.2, 0.25) is 0 Å². The van der Waals surface area contributed by atoms with Crippen LogP contribution >= 0.6 is 0 Å². The van der Waals surface area contributed by atoms with E-state index in [0.717, 1.165) is 10.9 Å². The first-order valence-corrected chi connectivity index (χ1v) is 7.61. The van der Waals surface area contributed by atoms with Crippen molar-refractivity contribution in [3.8, 4) is 5.88 Å². The fourth-order valence-electron chi connectivity index (χ4n) is 2.37. The van der Waals surface area contributed by atoms with Gasteiger partial charge in [0, 0.05) is 5.56 Å². The summed E-state index contributed by atoms with van der Waals surface area (Å²) in [6, 6.07) is 15.2. The van der Waals surface area contributed by atoms with Gasteiger partial charge < -0.3 is 4.74 Å². The SMILES string of the molecule is CC(C)c1ccc(C(=O)COc2ncnc3ccccc23)cc1. The molecular formula is C19H18N2O2. The van der Waals surface area contributed by atoms with E-state index in [1.165, 1.54) is 11.9 Å². The molecule has 3 aromatic rings. The number of fused-ring (bicyclic) bond motifs is 1. The van der Waals surface area contributed by atoms with Crippen LogP contribution in [0.5, 0.6) is 5.88 Å². The monoisotopic (exact) mass is 306 g/mol. The van der Waals surface area contributed by atoms with Gasteiger partial charge in [0.2, 0.25) is 5.88 Å². The molecule has 116 valence electrons. The van der Waals surface area contributed by atoms with Crippen molar-refractivity contribution >= 4 is 16.7 Å². The molecule has 0 bridgehead atoms. The van der Waals surface area contributed by atoms with Crippen molar-refractivity contribution in [3.63, 3.8) is 0 Å². The van der Waals surface area contributed by atoms with Crippen molar-refractivity contribution in [1.82, 2.24) is 9.97 Å². The first kappa shape index (κ1) is 15.2. The average molecular weight is 306 g/mol. The number of hydrogen-bond acceptors (Lipinski definition) is 4. The van der Waals surface area contributed by atoms with Crippen molar-refractivity contribution in [1.29, 1.82) is 0 Å². The molecule has 0 aliphatic heterocycles. The molecule has 2 aromatic carbocycles. The lowest BCUT2D eigenvalue weighted by molar-refractivity contribution is 0.0919. The number of rotatable bonds is 5. The van der Waals surface area contributed by atoms with Gasteiger partial charge in [-0.25, -0.2) is 9.97 Å². The second-order valence-electron chi connectivity index (χ2n) is 5.68. The minimum absolute atomic E-state index is 0.0396. The number of ketones is 1. The van der Waals surface area contributed by atoms with Gasteiger partial charge in [-0.05, 0) is 23.6 Å². The Balaban J connectivity index is 1.73. The Morgan fingerprint density at radius 1 is 1.04 bits per heavy atom. The largest absolute Gasteiger partial charge is 0.469 e. The number of Topliss-reactive ketones (excluding diaryl/α,β-unsaturated/α-hetero) is 1. The number of carbonyl (C=O) groups excluding carboxylic acids is 1. The Bertz CT molecular complexity index is 821. The maximum absolute atomic E-state index is 12.3. The average Bonchev–Trinajstić information content (AvgIpc) is 2.59. The van der Waals surface area contributed by atoms with E-state index in [-0.39, 0.29) is 12.4 Å². The van der Waals surface area contributed by atoms with Crippen LogP contribution in [0.4, 0.5) is 0 Å². The maximum Gasteiger partial charge on any atom is 0.224 e. The van der Waals surface area contributed by atoms with Gasteiger partial charge in [0.05, 0.1) is 10.9 Å². The van der Waals surface area contributed by atoms with E-state index in [4.69, 9.17) is 4.74 Å². The van der Waals surface area contributed by atoms with Crippen molar-refractivity contribution < 1.29 is 9.53 Å². The molecule has 0 fully saturated rings. The second kappa shape index (κ2) is 6.57. The molecule has 0 saturated carbocycles. The van der Waals surface area contributed by atoms with Gasteiger partial charge in [-0.3, -0.25) is 4.79 Å². The van der Waals surface area contributed by atoms with Gasteiger partial charge in [-0.15, -0.1) is 0 Å². The maximum atomic E-state index is 12.3. The summed E-state index contributed by atoms with van der Waals surface area (Å²) < 4.78 is 5.61. The van der Waals surface area contributed by atoms with Crippen molar-refractivity contribution in [3.05, 3.63) is 66.0 Å². The number of benzene rings is 2. The summed E-state index contributed by atoms with van der Waals surface area (Å²) in [4.78, 5) is 20.6. The van der Waals surface area contributed by atoms with E-state index < -0.39 is 0 Å². The molecule has 23 heavy (non-hydrogen) atoms. The zero-order chi connectivity index (χ0) is 16.2. The van der Waals surface area contributed by atoms with Gasteiger partial charge >= 0.3 is 0 Å². The molecule has 0 aliphatic carbocycles. The van der Waals surface area contributed by atoms with Crippen molar-refractivity contribution in [2.24, 2.45) is 0 Å². The van der Waals surface area contributed by atoms with Crippen LogP contribution in [0.3, 0.4) is 0 Å².